The van der Waals surface area contributed by atoms with E-state index in [-0.39, 0.29) is 0 Å². The predicted molar refractivity (Wildman–Crippen MR) is 61.1 cm³/mol. The van der Waals surface area contributed by atoms with Crippen molar-refractivity contribution in [2.45, 2.75) is 32.6 Å². The van der Waals surface area contributed by atoms with Crippen molar-refractivity contribution in [2.75, 3.05) is 33.2 Å². The number of nitrogens with zero attached hydrogens (tertiary/aromatic N) is 1. The molecule has 0 radical (unpaired) electrons. The molecule has 0 unspecified atom stereocenters. The van der Waals surface area contributed by atoms with Gasteiger partial charge in [-0.1, -0.05) is 6.92 Å². The zero-order chi connectivity index (χ0) is 10.2. The maximum Gasteiger partial charge on any atom is 0.0133 e. The molecule has 3 heteroatoms. The van der Waals surface area contributed by atoms with Crippen LogP contribution in [0.25, 0.3) is 0 Å². The summed E-state index contributed by atoms with van der Waals surface area (Å²) in [6.07, 6.45) is 5.31. The molecule has 0 spiro atoms. The van der Waals surface area contributed by atoms with E-state index in [1.165, 1.54) is 51.9 Å². The van der Waals surface area contributed by atoms with Gasteiger partial charge < -0.3 is 5.32 Å². The molecule has 0 aliphatic carbocycles. The Morgan fingerprint density at radius 3 is 2.57 bits per heavy atom. The Morgan fingerprint density at radius 1 is 1.29 bits per heavy atom. The Balaban J connectivity index is 2.10. The first-order valence-electron chi connectivity index (χ1n) is 6.00. The van der Waals surface area contributed by atoms with Gasteiger partial charge in [-0.25, -0.2) is 5.01 Å². The molecule has 2 N–H and O–H groups in total. The van der Waals surface area contributed by atoms with Crippen LogP contribution in [-0.2, 0) is 0 Å². The second-order valence-corrected chi connectivity index (χ2v) is 4.19. The molecular weight excluding hydrogens is 174 g/mol. The first-order chi connectivity index (χ1) is 6.86. The van der Waals surface area contributed by atoms with E-state index in [9.17, 15) is 0 Å². The fourth-order valence-electron chi connectivity index (χ4n) is 2.11. The smallest absolute Gasteiger partial charge is 0.0133 e. The molecule has 1 rings (SSSR count). The largest absolute Gasteiger partial charge is 0.317 e. The maximum absolute atomic E-state index is 3.41. The number of nitrogens with one attached hydrogen (secondary N) is 2. The van der Waals surface area contributed by atoms with Crippen molar-refractivity contribution in [2.24, 2.45) is 5.92 Å². The Bertz CT molecular complexity index is 128. The van der Waals surface area contributed by atoms with Gasteiger partial charge in [0.2, 0.25) is 0 Å². The molecule has 0 aromatic heterocycles. The Labute approximate surface area is 88.2 Å². The topological polar surface area (TPSA) is 27.3 Å². The number of hydrogen-bond donors (Lipinski definition) is 2. The van der Waals surface area contributed by atoms with Crippen LogP contribution in [0.15, 0.2) is 0 Å². The Morgan fingerprint density at radius 2 is 2.00 bits per heavy atom. The van der Waals surface area contributed by atoms with E-state index < -0.39 is 0 Å². The lowest BCUT2D eigenvalue weighted by atomic mass is 9.95. The fraction of sp³-hybridized carbons (Fsp3) is 1.00. The minimum absolute atomic E-state index is 0.948. The summed E-state index contributed by atoms with van der Waals surface area (Å²) < 4.78 is 0. The zero-order valence-electron chi connectivity index (χ0n) is 9.68. The van der Waals surface area contributed by atoms with Crippen molar-refractivity contribution < 1.29 is 0 Å². The molecule has 0 atom stereocenters. The molecule has 0 amide bonds. The fourth-order valence-corrected chi connectivity index (χ4v) is 2.11. The number of rotatable bonds is 6. The van der Waals surface area contributed by atoms with Gasteiger partial charge in [0.15, 0.2) is 0 Å². The third kappa shape index (κ3) is 4.40. The summed E-state index contributed by atoms with van der Waals surface area (Å²) in [5, 5.41) is 5.75. The molecule has 0 saturated carbocycles. The van der Waals surface area contributed by atoms with Crippen molar-refractivity contribution in [1.82, 2.24) is 15.8 Å². The van der Waals surface area contributed by atoms with E-state index in [0.29, 0.717) is 0 Å². The van der Waals surface area contributed by atoms with Gasteiger partial charge >= 0.3 is 0 Å². The van der Waals surface area contributed by atoms with Gasteiger partial charge in [-0.05, 0) is 51.7 Å². The quantitative estimate of drug-likeness (QED) is 0.630. The Hall–Kier alpha value is -0.120. The molecule has 1 aliphatic heterocycles. The van der Waals surface area contributed by atoms with E-state index >= 15 is 0 Å². The monoisotopic (exact) mass is 199 g/mol. The van der Waals surface area contributed by atoms with Gasteiger partial charge in [-0.2, -0.15) is 0 Å². The lowest BCUT2D eigenvalue weighted by Gasteiger charge is -2.26. The minimum Gasteiger partial charge on any atom is -0.317 e. The van der Waals surface area contributed by atoms with Crippen LogP contribution >= 0.6 is 0 Å². The molecule has 0 bridgehead atoms. The molecule has 1 heterocycles. The highest BCUT2D eigenvalue weighted by Gasteiger charge is 2.13. The SMILES string of the molecule is CCCN(CCC1CCNCC1)NC. The van der Waals surface area contributed by atoms with Crippen LogP contribution in [0.2, 0.25) is 0 Å². The highest BCUT2D eigenvalue weighted by molar-refractivity contribution is 4.69. The molecule has 0 aromatic rings. The summed E-state index contributed by atoms with van der Waals surface area (Å²) in [4.78, 5) is 0. The lowest BCUT2D eigenvalue weighted by molar-refractivity contribution is 0.184. The molecule has 84 valence electrons. The summed E-state index contributed by atoms with van der Waals surface area (Å²) in [5.41, 5.74) is 3.26. The van der Waals surface area contributed by atoms with Gasteiger partial charge in [-0.15, -0.1) is 0 Å². The van der Waals surface area contributed by atoms with Crippen LogP contribution in [-0.4, -0.2) is 38.2 Å². The Kier molecular flexibility index (Phi) is 6.15. The van der Waals surface area contributed by atoms with Crippen LogP contribution in [0.4, 0.5) is 0 Å². The van der Waals surface area contributed by atoms with Crippen LogP contribution in [0.5, 0.6) is 0 Å². The number of hydrazine groups is 1. The molecule has 1 aliphatic rings. The van der Waals surface area contributed by atoms with Crippen LogP contribution < -0.4 is 10.7 Å². The van der Waals surface area contributed by atoms with Gasteiger partial charge in [-0.3, -0.25) is 5.43 Å². The van der Waals surface area contributed by atoms with Crippen molar-refractivity contribution in [3.63, 3.8) is 0 Å². The minimum atomic E-state index is 0.948. The molecule has 1 saturated heterocycles. The second-order valence-electron chi connectivity index (χ2n) is 4.19. The first kappa shape index (κ1) is 12.0. The van der Waals surface area contributed by atoms with E-state index in [1.807, 2.05) is 7.05 Å². The standard InChI is InChI=1S/C11H25N3/c1-3-9-14(12-2)10-6-11-4-7-13-8-5-11/h11-13H,3-10H2,1-2H3. The average molecular weight is 199 g/mol. The van der Waals surface area contributed by atoms with Gasteiger partial charge in [0.25, 0.3) is 0 Å². The second kappa shape index (κ2) is 7.21. The van der Waals surface area contributed by atoms with Gasteiger partial charge in [0, 0.05) is 13.1 Å². The third-order valence-electron chi connectivity index (χ3n) is 3.08. The third-order valence-corrected chi connectivity index (χ3v) is 3.08. The van der Waals surface area contributed by atoms with E-state index in [1.54, 1.807) is 0 Å². The predicted octanol–water partition coefficient (Wildman–Crippen LogP) is 1.22. The molecule has 1 fully saturated rings. The number of piperidine rings is 1. The molecular formula is C11H25N3. The van der Waals surface area contributed by atoms with Crippen molar-refractivity contribution in [3.8, 4) is 0 Å². The molecule has 3 nitrogen and oxygen atoms in total. The highest BCUT2D eigenvalue weighted by atomic mass is 15.5. The molecule has 14 heavy (non-hydrogen) atoms. The summed E-state index contributed by atoms with van der Waals surface area (Å²) in [5.74, 6) is 0.948. The summed E-state index contributed by atoms with van der Waals surface area (Å²) in [6, 6.07) is 0. The van der Waals surface area contributed by atoms with Crippen LogP contribution in [0, 0.1) is 5.92 Å². The average Bonchev–Trinajstić information content (AvgIpc) is 2.25. The summed E-state index contributed by atoms with van der Waals surface area (Å²) >= 11 is 0. The first-order valence-corrected chi connectivity index (χ1v) is 6.00. The van der Waals surface area contributed by atoms with Gasteiger partial charge in [0.1, 0.15) is 0 Å². The zero-order valence-corrected chi connectivity index (χ0v) is 9.68. The summed E-state index contributed by atoms with van der Waals surface area (Å²) in [7, 11) is 2.03. The van der Waals surface area contributed by atoms with E-state index in [2.05, 4.69) is 22.7 Å². The van der Waals surface area contributed by atoms with Crippen molar-refractivity contribution >= 4 is 0 Å². The maximum atomic E-state index is 3.41. The summed E-state index contributed by atoms with van der Waals surface area (Å²) in [6.45, 7) is 7.04. The molecule has 0 aromatic carbocycles. The van der Waals surface area contributed by atoms with Gasteiger partial charge in [0.05, 0.1) is 0 Å². The van der Waals surface area contributed by atoms with Crippen LogP contribution in [0.1, 0.15) is 32.6 Å². The van der Waals surface area contributed by atoms with Crippen molar-refractivity contribution in [1.29, 1.82) is 0 Å². The van der Waals surface area contributed by atoms with Crippen molar-refractivity contribution in [3.05, 3.63) is 0 Å². The van der Waals surface area contributed by atoms with Crippen LogP contribution in [0.3, 0.4) is 0 Å². The highest BCUT2D eigenvalue weighted by Crippen LogP contribution is 2.15. The number of hydrogen-bond acceptors (Lipinski definition) is 3. The van der Waals surface area contributed by atoms with E-state index in [4.69, 9.17) is 0 Å². The normalized spacial score (nSPS) is 19.1. The lowest BCUT2D eigenvalue weighted by Crippen LogP contribution is -2.38. The van der Waals surface area contributed by atoms with E-state index in [0.717, 1.165) is 5.92 Å².